The van der Waals surface area contributed by atoms with Crippen molar-refractivity contribution in [3.05, 3.63) is 27.7 Å². The third-order valence-electron chi connectivity index (χ3n) is 3.29. The third-order valence-corrected chi connectivity index (χ3v) is 4.54. The highest BCUT2D eigenvalue weighted by Crippen LogP contribution is 2.24. The van der Waals surface area contributed by atoms with Crippen LogP contribution in [0.4, 0.5) is 10.5 Å². The Kier molecular flexibility index (Phi) is 6.68. The first-order valence-corrected chi connectivity index (χ1v) is 7.66. The average molecular weight is 357 g/mol. The number of aliphatic carboxylic acids is 1. The minimum Gasteiger partial charge on any atom is -0.481 e. The van der Waals surface area contributed by atoms with E-state index in [4.69, 9.17) is 5.11 Å². The summed E-state index contributed by atoms with van der Waals surface area (Å²) in [5.74, 6) is -0.898. The van der Waals surface area contributed by atoms with Crippen LogP contribution in [0.15, 0.2) is 16.6 Å². The van der Waals surface area contributed by atoms with Gasteiger partial charge in [0.2, 0.25) is 0 Å². The van der Waals surface area contributed by atoms with Gasteiger partial charge in [-0.05, 0) is 43.0 Å². The molecule has 0 saturated carbocycles. The Morgan fingerprint density at radius 2 is 1.86 bits per heavy atom. The summed E-state index contributed by atoms with van der Waals surface area (Å²) >= 11 is 3.48. The molecular weight excluding hydrogens is 336 g/mol. The van der Waals surface area contributed by atoms with Gasteiger partial charge in [-0.15, -0.1) is 0 Å². The number of carbonyl (C=O) groups excluding carboxylic acids is 1. The number of anilines is 1. The van der Waals surface area contributed by atoms with Gasteiger partial charge in [0.1, 0.15) is 0 Å². The van der Waals surface area contributed by atoms with Gasteiger partial charge in [0.25, 0.3) is 0 Å². The van der Waals surface area contributed by atoms with E-state index in [-0.39, 0.29) is 18.4 Å². The number of halogens is 1. The topological polar surface area (TPSA) is 78.4 Å². The summed E-state index contributed by atoms with van der Waals surface area (Å²) in [6.45, 7) is 6.18. The Labute approximate surface area is 133 Å². The number of carboxylic acids is 1. The Bertz CT molecular complexity index is 509. The van der Waals surface area contributed by atoms with E-state index in [1.54, 1.807) is 0 Å². The maximum atomic E-state index is 11.8. The summed E-state index contributed by atoms with van der Waals surface area (Å²) in [5, 5.41) is 14.3. The monoisotopic (exact) mass is 356 g/mol. The molecule has 0 bridgehead atoms. The van der Waals surface area contributed by atoms with E-state index < -0.39 is 5.97 Å². The molecule has 1 atom stereocenters. The Hall–Kier alpha value is -1.56. The van der Waals surface area contributed by atoms with Crippen molar-refractivity contribution in [2.75, 3.05) is 11.9 Å². The van der Waals surface area contributed by atoms with Crippen LogP contribution in [0, 0.1) is 19.8 Å². The lowest BCUT2D eigenvalue weighted by Crippen LogP contribution is -2.33. The highest BCUT2D eigenvalue weighted by Gasteiger charge is 2.13. The molecule has 1 rings (SSSR count). The summed E-state index contributed by atoms with van der Waals surface area (Å²) in [6, 6.07) is 3.44. The first-order chi connectivity index (χ1) is 9.83. The van der Waals surface area contributed by atoms with E-state index in [0.717, 1.165) is 21.3 Å². The van der Waals surface area contributed by atoms with Crippen molar-refractivity contribution < 1.29 is 14.7 Å². The maximum Gasteiger partial charge on any atom is 0.319 e. The number of nitrogens with one attached hydrogen (secondary N) is 2. The van der Waals surface area contributed by atoms with Gasteiger partial charge in [-0.2, -0.15) is 0 Å². The van der Waals surface area contributed by atoms with E-state index >= 15 is 0 Å². The quantitative estimate of drug-likeness (QED) is 0.727. The number of carboxylic acid groups (broad SMARTS) is 1. The molecule has 0 fully saturated rings. The van der Waals surface area contributed by atoms with Crippen LogP contribution in [0.1, 0.15) is 30.9 Å². The second-order valence-electron chi connectivity index (χ2n) is 5.13. The molecule has 2 amide bonds. The van der Waals surface area contributed by atoms with Crippen LogP contribution in [0.3, 0.4) is 0 Å². The maximum absolute atomic E-state index is 11.8. The van der Waals surface area contributed by atoms with Crippen molar-refractivity contribution in [3.8, 4) is 0 Å². The summed E-state index contributed by atoms with van der Waals surface area (Å²) in [7, 11) is 0. The lowest BCUT2D eigenvalue weighted by Gasteiger charge is -2.15. The van der Waals surface area contributed by atoms with Crippen LogP contribution in [-0.2, 0) is 4.79 Å². The fourth-order valence-corrected chi connectivity index (χ4v) is 2.27. The Morgan fingerprint density at radius 1 is 1.29 bits per heavy atom. The van der Waals surface area contributed by atoms with Gasteiger partial charge in [0, 0.05) is 23.1 Å². The van der Waals surface area contributed by atoms with E-state index in [0.29, 0.717) is 13.0 Å². The summed E-state index contributed by atoms with van der Waals surface area (Å²) < 4.78 is 1.03. The molecule has 3 N–H and O–H groups in total. The molecule has 1 aromatic carbocycles. The number of rotatable bonds is 6. The van der Waals surface area contributed by atoms with Crippen molar-refractivity contribution in [2.24, 2.45) is 5.92 Å². The molecule has 5 nitrogen and oxygen atoms in total. The van der Waals surface area contributed by atoms with Crippen LogP contribution in [-0.4, -0.2) is 23.7 Å². The predicted octanol–water partition coefficient (Wildman–Crippen LogP) is 3.69. The molecular formula is C15H21BrN2O3. The number of urea groups is 1. The average Bonchev–Trinajstić information content (AvgIpc) is 2.40. The molecule has 0 heterocycles. The fraction of sp³-hybridized carbons (Fsp3) is 0.467. The molecule has 6 heteroatoms. The zero-order chi connectivity index (χ0) is 16.0. The number of carbonyl (C=O) groups is 2. The molecule has 0 saturated heterocycles. The number of hydrogen-bond donors (Lipinski definition) is 3. The minimum atomic E-state index is -0.844. The van der Waals surface area contributed by atoms with Crippen LogP contribution < -0.4 is 10.6 Å². The van der Waals surface area contributed by atoms with Crippen molar-refractivity contribution in [2.45, 2.75) is 33.6 Å². The molecule has 21 heavy (non-hydrogen) atoms. The highest BCUT2D eigenvalue weighted by atomic mass is 79.9. The molecule has 0 aliphatic heterocycles. The van der Waals surface area contributed by atoms with Crippen LogP contribution >= 0.6 is 15.9 Å². The van der Waals surface area contributed by atoms with Gasteiger partial charge >= 0.3 is 12.0 Å². The Morgan fingerprint density at radius 3 is 2.33 bits per heavy atom. The van der Waals surface area contributed by atoms with Crippen LogP contribution in [0.25, 0.3) is 0 Å². The number of aryl methyl sites for hydroxylation is 2. The van der Waals surface area contributed by atoms with Crippen LogP contribution in [0.5, 0.6) is 0 Å². The smallest absolute Gasteiger partial charge is 0.319 e. The van der Waals surface area contributed by atoms with Crippen LogP contribution in [0.2, 0.25) is 0 Å². The SMILES string of the molecule is CCC(CNC(=O)Nc1cc(C)c(Br)c(C)c1)CC(=O)O. The van der Waals surface area contributed by atoms with Crippen molar-refractivity contribution in [3.63, 3.8) is 0 Å². The molecule has 1 aromatic rings. The zero-order valence-corrected chi connectivity index (χ0v) is 14.1. The van der Waals surface area contributed by atoms with E-state index in [1.807, 2.05) is 32.9 Å². The molecule has 0 aromatic heterocycles. The van der Waals surface area contributed by atoms with Gasteiger partial charge in [-0.25, -0.2) is 4.79 Å². The van der Waals surface area contributed by atoms with Gasteiger partial charge in [0.15, 0.2) is 0 Å². The van der Waals surface area contributed by atoms with Gasteiger partial charge < -0.3 is 15.7 Å². The number of hydrogen-bond acceptors (Lipinski definition) is 2. The summed E-state index contributed by atoms with van der Waals surface area (Å²) in [4.78, 5) is 22.5. The standard InChI is InChI=1S/C15H21BrN2O3/c1-4-11(7-13(19)20)8-17-15(21)18-12-5-9(2)14(16)10(3)6-12/h5-6,11H,4,7-8H2,1-3H3,(H,19,20)(H2,17,18,21). The van der Waals surface area contributed by atoms with Gasteiger partial charge in [-0.1, -0.05) is 29.3 Å². The predicted molar refractivity (Wildman–Crippen MR) is 86.7 cm³/mol. The summed E-state index contributed by atoms with van der Waals surface area (Å²) in [5.41, 5.74) is 2.81. The molecule has 0 aliphatic rings. The fourth-order valence-electron chi connectivity index (χ4n) is 2.04. The van der Waals surface area contributed by atoms with Gasteiger partial charge in [0.05, 0.1) is 0 Å². The number of benzene rings is 1. The van der Waals surface area contributed by atoms with E-state index in [1.165, 1.54) is 0 Å². The van der Waals surface area contributed by atoms with E-state index in [2.05, 4.69) is 26.6 Å². The molecule has 116 valence electrons. The third kappa shape index (κ3) is 5.75. The highest BCUT2D eigenvalue weighted by molar-refractivity contribution is 9.10. The first-order valence-electron chi connectivity index (χ1n) is 6.86. The minimum absolute atomic E-state index is 0.0540. The van der Waals surface area contributed by atoms with E-state index in [9.17, 15) is 9.59 Å². The van der Waals surface area contributed by atoms with Crippen molar-refractivity contribution >= 4 is 33.6 Å². The largest absolute Gasteiger partial charge is 0.481 e. The lowest BCUT2D eigenvalue weighted by atomic mass is 10.0. The normalized spacial score (nSPS) is 11.8. The van der Waals surface area contributed by atoms with Gasteiger partial charge in [-0.3, -0.25) is 4.79 Å². The Balaban J connectivity index is 2.56. The van der Waals surface area contributed by atoms with Crippen molar-refractivity contribution in [1.82, 2.24) is 5.32 Å². The summed E-state index contributed by atoms with van der Waals surface area (Å²) in [6.07, 6.45) is 0.774. The lowest BCUT2D eigenvalue weighted by molar-refractivity contribution is -0.138. The molecule has 1 unspecified atom stereocenters. The molecule has 0 spiro atoms. The second-order valence-corrected chi connectivity index (χ2v) is 5.92. The first kappa shape index (κ1) is 17.5. The molecule has 0 aliphatic carbocycles. The van der Waals surface area contributed by atoms with Crippen molar-refractivity contribution in [1.29, 1.82) is 0 Å². The zero-order valence-electron chi connectivity index (χ0n) is 12.5. The molecule has 0 radical (unpaired) electrons. The number of amides is 2. The second kappa shape index (κ2) is 8.02.